The summed E-state index contributed by atoms with van der Waals surface area (Å²) in [4.78, 5) is 24.0. The van der Waals surface area contributed by atoms with Crippen molar-refractivity contribution in [2.75, 3.05) is 32.6 Å². The van der Waals surface area contributed by atoms with E-state index in [1.165, 1.54) is 30.2 Å². The number of para-hydroxylation sites is 1. The molecule has 1 aromatic carbocycles. The van der Waals surface area contributed by atoms with Crippen molar-refractivity contribution >= 4 is 17.6 Å². The van der Waals surface area contributed by atoms with Gasteiger partial charge in [-0.15, -0.1) is 0 Å². The third-order valence-electron chi connectivity index (χ3n) is 2.19. The molecule has 0 aliphatic carbocycles. The average Bonchev–Trinajstić information content (AvgIpc) is 2.31. The second-order valence-corrected chi connectivity index (χ2v) is 3.78. The molecule has 98 valence electrons. The summed E-state index contributed by atoms with van der Waals surface area (Å²) in [6.45, 7) is -0.0232. The fourth-order valence-electron chi connectivity index (χ4n) is 1.34. The molecule has 0 bridgehead atoms. The smallest absolute Gasteiger partial charge is 0.319 e. The number of benzene rings is 1. The van der Waals surface area contributed by atoms with Crippen LogP contribution in [-0.4, -0.2) is 44.0 Å². The Morgan fingerprint density at radius 3 is 2.61 bits per heavy atom. The quantitative estimate of drug-likeness (QED) is 0.792. The van der Waals surface area contributed by atoms with Crippen molar-refractivity contribution in [1.82, 2.24) is 4.90 Å². The molecule has 0 aliphatic rings. The molecular weight excluding hydrogens is 239 g/mol. The summed E-state index contributed by atoms with van der Waals surface area (Å²) in [6, 6.07) is 5.88. The normalized spacial score (nSPS) is 10.2. The minimum absolute atomic E-state index is 0.00118. The van der Waals surface area contributed by atoms with Gasteiger partial charge in [-0.25, -0.2) is 4.39 Å². The number of carbonyl (C=O) groups excluding carboxylic acids is 2. The minimum atomic E-state index is -0.499. The number of carbonyl (C=O) groups is 2. The molecular formula is C12H15FN2O3. The summed E-state index contributed by atoms with van der Waals surface area (Å²) in [6.07, 6.45) is 0. The largest absolute Gasteiger partial charge is 0.468 e. The van der Waals surface area contributed by atoms with E-state index in [0.29, 0.717) is 0 Å². The van der Waals surface area contributed by atoms with Crippen molar-refractivity contribution in [2.24, 2.45) is 0 Å². The monoisotopic (exact) mass is 254 g/mol. The van der Waals surface area contributed by atoms with Crippen LogP contribution >= 0.6 is 0 Å². The van der Waals surface area contributed by atoms with Crippen LogP contribution in [0.2, 0.25) is 0 Å². The minimum Gasteiger partial charge on any atom is -0.468 e. The predicted molar refractivity (Wildman–Crippen MR) is 64.5 cm³/mol. The number of nitrogens with one attached hydrogen (secondary N) is 1. The van der Waals surface area contributed by atoms with E-state index in [4.69, 9.17) is 0 Å². The highest BCUT2D eigenvalue weighted by Gasteiger charge is 2.12. The second-order valence-electron chi connectivity index (χ2n) is 3.78. The summed E-state index contributed by atoms with van der Waals surface area (Å²) >= 11 is 0. The van der Waals surface area contributed by atoms with Crippen molar-refractivity contribution in [2.45, 2.75) is 0 Å². The van der Waals surface area contributed by atoms with Crippen molar-refractivity contribution in [3.63, 3.8) is 0 Å². The first-order chi connectivity index (χ1) is 8.52. The number of hydrogen-bond acceptors (Lipinski definition) is 4. The lowest BCUT2D eigenvalue weighted by Crippen LogP contribution is -2.34. The van der Waals surface area contributed by atoms with E-state index < -0.39 is 17.7 Å². The Labute approximate surface area is 105 Å². The number of halogens is 1. The molecule has 0 saturated heterocycles. The van der Waals surface area contributed by atoms with Gasteiger partial charge in [0.05, 0.1) is 25.9 Å². The fourth-order valence-corrected chi connectivity index (χ4v) is 1.34. The molecule has 0 unspecified atom stereocenters. The average molecular weight is 254 g/mol. The molecule has 18 heavy (non-hydrogen) atoms. The van der Waals surface area contributed by atoms with Crippen LogP contribution in [-0.2, 0) is 14.3 Å². The lowest BCUT2D eigenvalue weighted by atomic mass is 10.3. The number of anilines is 1. The van der Waals surface area contributed by atoms with Gasteiger partial charge >= 0.3 is 5.97 Å². The van der Waals surface area contributed by atoms with Crippen LogP contribution in [0.3, 0.4) is 0 Å². The van der Waals surface area contributed by atoms with Crippen LogP contribution in [0.4, 0.5) is 10.1 Å². The maximum atomic E-state index is 13.2. The van der Waals surface area contributed by atoms with Gasteiger partial charge in [0.2, 0.25) is 5.91 Å². The SMILES string of the molecule is COC(=O)CN(C)CC(=O)Nc1ccccc1F. The Hall–Kier alpha value is -1.95. The molecule has 0 fully saturated rings. The van der Waals surface area contributed by atoms with Crippen molar-refractivity contribution < 1.29 is 18.7 Å². The zero-order valence-corrected chi connectivity index (χ0v) is 10.3. The molecule has 5 nitrogen and oxygen atoms in total. The van der Waals surface area contributed by atoms with Crippen molar-refractivity contribution in [1.29, 1.82) is 0 Å². The molecule has 0 aliphatic heterocycles. The zero-order valence-electron chi connectivity index (χ0n) is 10.3. The van der Waals surface area contributed by atoms with Gasteiger partial charge in [0.25, 0.3) is 0 Å². The number of methoxy groups -OCH3 is 1. The third kappa shape index (κ3) is 4.50. The Morgan fingerprint density at radius 2 is 2.00 bits per heavy atom. The summed E-state index contributed by atoms with van der Waals surface area (Å²) in [7, 11) is 2.87. The van der Waals surface area contributed by atoms with Gasteiger partial charge < -0.3 is 10.1 Å². The maximum absolute atomic E-state index is 13.2. The first kappa shape index (κ1) is 14.1. The van der Waals surface area contributed by atoms with Gasteiger partial charge in [0.15, 0.2) is 0 Å². The summed E-state index contributed by atoms with van der Waals surface area (Å²) < 4.78 is 17.7. The summed E-state index contributed by atoms with van der Waals surface area (Å²) in [5.41, 5.74) is 0.119. The highest BCUT2D eigenvalue weighted by atomic mass is 19.1. The molecule has 1 rings (SSSR count). The number of likely N-dealkylation sites (N-methyl/N-ethyl adjacent to an activating group) is 1. The second kappa shape index (κ2) is 6.70. The van der Waals surface area contributed by atoms with E-state index >= 15 is 0 Å². The molecule has 1 N–H and O–H groups in total. The molecule has 6 heteroatoms. The van der Waals surface area contributed by atoms with E-state index in [1.54, 1.807) is 13.1 Å². The highest BCUT2D eigenvalue weighted by molar-refractivity contribution is 5.92. The number of esters is 1. The molecule has 1 amide bonds. The molecule has 0 radical (unpaired) electrons. The first-order valence-corrected chi connectivity index (χ1v) is 5.32. The standard InChI is InChI=1S/C12H15FN2O3/c1-15(8-12(17)18-2)7-11(16)14-10-6-4-3-5-9(10)13/h3-6H,7-8H2,1-2H3,(H,14,16). The van der Waals surface area contributed by atoms with Crippen LogP contribution in [0, 0.1) is 5.82 Å². The number of hydrogen-bond donors (Lipinski definition) is 1. The third-order valence-corrected chi connectivity index (χ3v) is 2.19. The Morgan fingerprint density at radius 1 is 1.33 bits per heavy atom. The number of amides is 1. The van der Waals surface area contributed by atoms with Crippen LogP contribution in [0.25, 0.3) is 0 Å². The maximum Gasteiger partial charge on any atom is 0.319 e. The fraction of sp³-hybridized carbons (Fsp3) is 0.333. The van der Waals surface area contributed by atoms with E-state index in [1.807, 2.05) is 0 Å². The first-order valence-electron chi connectivity index (χ1n) is 5.32. The number of nitrogens with zero attached hydrogens (tertiary/aromatic N) is 1. The Balaban J connectivity index is 2.47. The zero-order chi connectivity index (χ0) is 13.5. The van der Waals surface area contributed by atoms with Crippen molar-refractivity contribution in [3.8, 4) is 0 Å². The molecule has 1 aromatic rings. The van der Waals surface area contributed by atoms with Gasteiger partial charge in [-0.3, -0.25) is 14.5 Å². The van der Waals surface area contributed by atoms with Crippen LogP contribution in [0.1, 0.15) is 0 Å². The Bertz CT molecular complexity index is 437. The molecule has 0 aromatic heterocycles. The van der Waals surface area contributed by atoms with Gasteiger partial charge in [0.1, 0.15) is 5.82 Å². The van der Waals surface area contributed by atoms with Gasteiger partial charge in [-0.05, 0) is 19.2 Å². The molecule has 0 heterocycles. The van der Waals surface area contributed by atoms with E-state index in [9.17, 15) is 14.0 Å². The number of rotatable bonds is 5. The van der Waals surface area contributed by atoms with Crippen LogP contribution in [0.15, 0.2) is 24.3 Å². The van der Waals surface area contributed by atoms with Gasteiger partial charge in [0, 0.05) is 0 Å². The predicted octanol–water partition coefficient (Wildman–Crippen LogP) is 0.869. The van der Waals surface area contributed by atoms with Crippen LogP contribution < -0.4 is 5.32 Å². The van der Waals surface area contributed by atoms with E-state index in [0.717, 1.165) is 0 Å². The number of ether oxygens (including phenoxy) is 1. The van der Waals surface area contributed by atoms with Gasteiger partial charge in [-0.1, -0.05) is 12.1 Å². The van der Waals surface area contributed by atoms with E-state index in [2.05, 4.69) is 10.1 Å². The van der Waals surface area contributed by atoms with Crippen LogP contribution in [0.5, 0.6) is 0 Å². The topological polar surface area (TPSA) is 58.6 Å². The lowest BCUT2D eigenvalue weighted by molar-refractivity contribution is -0.141. The summed E-state index contributed by atoms with van der Waals surface area (Å²) in [5.74, 6) is -1.33. The summed E-state index contributed by atoms with van der Waals surface area (Å²) in [5, 5.41) is 2.42. The van der Waals surface area contributed by atoms with Gasteiger partial charge in [-0.2, -0.15) is 0 Å². The highest BCUT2D eigenvalue weighted by Crippen LogP contribution is 2.11. The van der Waals surface area contributed by atoms with Crippen molar-refractivity contribution in [3.05, 3.63) is 30.1 Å². The Kier molecular flexibility index (Phi) is 5.26. The lowest BCUT2D eigenvalue weighted by Gasteiger charge is -2.14. The molecule has 0 spiro atoms. The molecule has 0 saturated carbocycles. The van der Waals surface area contributed by atoms with E-state index in [-0.39, 0.29) is 18.8 Å². The molecule has 0 atom stereocenters.